The molecule has 3 nitrogen and oxygen atoms in total. The zero-order valence-electron chi connectivity index (χ0n) is 12.0. The van der Waals surface area contributed by atoms with Gasteiger partial charge >= 0.3 is 0 Å². The van der Waals surface area contributed by atoms with Crippen LogP contribution in [-0.2, 0) is 0 Å². The van der Waals surface area contributed by atoms with Crippen molar-refractivity contribution >= 4 is 37.5 Å². The van der Waals surface area contributed by atoms with Crippen molar-refractivity contribution in [1.82, 2.24) is 0 Å². The van der Waals surface area contributed by atoms with Gasteiger partial charge in [-0.1, -0.05) is 31.9 Å². The molecule has 1 atom stereocenters. The molecule has 2 rings (SSSR count). The average molecular weight is 414 g/mol. The molecule has 0 radical (unpaired) electrons. The number of nitrogens with one attached hydrogen (secondary N) is 1. The van der Waals surface area contributed by atoms with E-state index < -0.39 is 0 Å². The molecule has 0 spiro atoms. The summed E-state index contributed by atoms with van der Waals surface area (Å²) in [5.74, 6) is 0.818. The fraction of sp³-hybridized carbons (Fsp3) is 0.250. The summed E-state index contributed by atoms with van der Waals surface area (Å²) in [5, 5.41) is 3.48. The predicted octanol–water partition coefficient (Wildman–Crippen LogP) is 4.64. The number of anilines is 1. The highest BCUT2D eigenvalue weighted by Gasteiger charge is 2.14. The van der Waals surface area contributed by atoms with Crippen LogP contribution in [0.2, 0.25) is 0 Å². The molecule has 0 aliphatic carbocycles. The second kappa shape index (κ2) is 7.29. The molecule has 2 aromatic rings. The highest BCUT2D eigenvalue weighted by Crippen LogP contribution is 2.30. The highest BCUT2D eigenvalue weighted by molar-refractivity contribution is 9.10. The van der Waals surface area contributed by atoms with Crippen molar-refractivity contribution in [3.05, 3.63) is 56.5 Å². The number of halogens is 2. The van der Waals surface area contributed by atoms with E-state index in [4.69, 9.17) is 10.5 Å². The Hall–Kier alpha value is -1.04. The van der Waals surface area contributed by atoms with Crippen molar-refractivity contribution in [2.75, 3.05) is 19.0 Å². The summed E-state index contributed by atoms with van der Waals surface area (Å²) in [7, 11) is 1.66. The second-order valence-electron chi connectivity index (χ2n) is 4.84. The van der Waals surface area contributed by atoms with E-state index in [9.17, 15) is 0 Å². The first-order chi connectivity index (χ1) is 10.0. The largest absolute Gasteiger partial charge is 0.497 e. The number of hydrogen-bond acceptors (Lipinski definition) is 3. The molecule has 0 aliphatic heterocycles. The van der Waals surface area contributed by atoms with Crippen LogP contribution in [0.5, 0.6) is 5.75 Å². The first-order valence-electron chi connectivity index (χ1n) is 6.60. The van der Waals surface area contributed by atoms with E-state index in [2.05, 4.69) is 56.2 Å². The summed E-state index contributed by atoms with van der Waals surface area (Å²) in [5.41, 5.74) is 9.25. The molecule has 0 aromatic heterocycles. The van der Waals surface area contributed by atoms with Crippen molar-refractivity contribution in [2.45, 2.75) is 13.0 Å². The van der Waals surface area contributed by atoms with Crippen LogP contribution in [0.4, 0.5) is 5.69 Å². The molecule has 0 amide bonds. The maximum Gasteiger partial charge on any atom is 0.119 e. The van der Waals surface area contributed by atoms with E-state index in [0.29, 0.717) is 6.54 Å². The molecule has 0 fully saturated rings. The first kappa shape index (κ1) is 16.3. The lowest BCUT2D eigenvalue weighted by Crippen LogP contribution is -2.21. The maximum absolute atomic E-state index is 5.95. The Bertz CT molecular complexity index is 611. The van der Waals surface area contributed by atoms with Crippen molar-refractivity contribution in [3.63, 3.8) is 0 Å². The minimum absolute atomic E-state index is 0.00294. The van der Waals surface area contributed by atoms with Gasteiger partial charge in [0.2, 0.25) is 0 Å². The van der Waals surface area contributed by atoms with Crippen LogP contribution in [0.1, 0.15) is 17.2 Å². The van der Waals surface area contributed by atoms with Gasteiger partial charge in [0.25, 0.3) is 0 Å². The van der Waals surface area contributed by atoms with Gasteiger partial charge in [-0.3, -0.25) is 0 Å². The Morgan fingerprint density at radius 2 is 1.95 bits per heavy atom. The molecular formula is C16H18Br2N2O. The van der Waals surface area contributed by atoms with Gasteiger partial charge < -0.3 is 15.8 Å². The fourth-order valence-electron chi connectivity index (χ4n) is 2.20. The summed E-state index contributed by atoms with van der Waals surface area (Å²) in [4.78, 5) is 0. The van der Waals surface area contributed by atoms with Crippen LogP contribution in [0, 0.1) is 6.92 Å². The molecule has 0 heterocycles. The van der Waals surface area contributed by atoms with Crippen molar-refractivity contribution in [1.29, 1.82) is 0 Å². The molecule has 0 saturated carbocycles. The molecule has 2 aromatic carbocycles. The Balaban J connectivity index is 2.31. The van der Waals surface area contributed by atoms with Gasteiger partial charge in [0.15, 0.2) is 0 Å². The van der Waals surface area contributed by atoms with Crippen LogP contribution in [0.25, 0.3) is 0 Å². The summed E-state index contributed by atoms with van der Waals surface area (Å²) in [6.07, 6.45) is 0. The topological polar surface area (TPSA) is 47.3 Å². The van der Waals surface area contributed by atoms with Gasteiger partial charge in [-0.05, 0) is 54.4 Å². The first-order valence-corrected chi connectivity index (χ1v) is 8.19. The molecule has 0 bridgehead atoms. The average Bonchev–Trinajstić information content (AvgIpc) is 2.44. The van der Waals surface area contributed by atoms with Gasteiger partial charge in [-0.15, -0.1) is 0 Å². The molecular weight excluding hydrogens is 396 g/mol. The summed E-state index contributed by atoms with van der Waals surface area (Å²) >= 11 is 7.10. The fourth-order valence-corrected chi connectivity index (χ4v) is 3.33. The van der Waals surface area contributed by atoms with E-state index in [1.165, 1.54) is 5.56 Å². The van der Waals surface area contributed by atoms with E-state index >= 15 is 0 Å². The lowest BCUT2D eigenvalue weighted by molar-refractivity contribution is 0.414. The SMILES string of the molecule is COc1ccc(Br)c(C(CN)Nc2cc(C)cc(Br)c2)c1. The summed E-state index contributed by atoms with van der Waals surface area (Å²) in [6, 6.07) is 12.1. The summed E-state index contributed by atoms with van der Waals surface area (Å²) < 4.78 is 7.35. The number of nitrogens with two attached hydrogens (primary N) is 1. The lowest BCUT2D eigenvalue weighted by Gasteiger charge is -2.21. The van der Waals surface area contributed by atoms with Gasteiger partial charge in [-0.25, -0.2) is 0 Å². The van der Waals surface area contributed by atoms with Crippen LogP contribution in [-0.4, -0.2) is 13.7 Å². The second-order valence-corrected chi connectivity index (χ2v) is 6.61. The van der Waals surface area contributed by atoms with Gasteiger partial charge in [0.1, 0.15) is 5.75 Å². The summed E-state index contributed by atoms with van der Waals surface area (Å²) in [6.45, 7) is 2.55. The number of ether oxygens (including phenoxy) is 1. The lowest BCUT2D eigenvalue weighted by atomic mass is 10.1. The van der Waals surface area contributed by atoms with Crippen molar-refractivity contribution in [2.24, 2.45) is 5.73 Å². The third-order valence-corrected chi connectivity index (χ3v) is 4.38. The normalized spacial score (nSPS) is 12.0. The Labute approximate surface area is 142 Å². The maximum atomic E-state index is 5.95. The van der Waals surface area contributed by atoms with Crippen LogP contribution in [0.15, 0.2) is 45.3 Å². The Morgan fingerprint density at radius 3 is 2.57 bits per heavy atom. The van der Waals surface area contributed by atoms with Crippen molar-refractivity contribution in [3.8, 4) is 5.75 Å². The smallest absolute Gasteiger partial charge is 0.119 e. The van der Waals surface area contributed by atoms with E-state index in [-0.39, 0.29) is 6.04 Å². The Kier molecular flexibility index (Phi) is 5.67. The quantitative estimate of drug-likeness (QED) is 0.750. The van der Waals surface area contributed by atoms with Gasteiger partial charge in [0, 0.05) is 21.2 Å². The van der Waals surface area contributed by atoms with Crippen LogP contribution in [0.3, 0.4) is 0 Å². The van der Waals surface area contributed by atoms with E-state index in [0.717, 1.165) is 25.9 Å². The zero-order chi connectivity index (χ0) is 15.4. The molecule has 0 aliphatic rings. The third-order valence-electron chi connectivity index (χ3n) is 3.20. The molecule has 1 unspecified atom stereocenters. The molecule has 21 heavy (non-hydrogen) atoms. The number of methoxy groups -OCH3 is 1. The molecule has 0 saturated heterocycles. The van der Waals surface area contributed by atoms with Crippen LogP contribution < -0.4 is 15.8 Å². The third kappa shape index (κ3) is 4.22. The predicted molar refractivity (Wildman–Crippen MR) is 95.0 cm³/mol. The minimum Gasteiger partial charge on any atom is -0.497 e. The molecule has 5 heteroatoms. The van der Waals surface area contributed by atoms with Crippen molar-refractivity contribution < 1.29 is 4.74 Å². The molecule has 112 valence electrons. The number of aryl methyl sites for hydroxylation is 1. The zero-order valence-corrected chi connectivity index (χ0v) is 15.2. The Morgan fingerprint density at radius 1 is 1.19 bits per heavy atom. The van der Waals surface area contributed by atoms with Gasteiger partial charge in [0.05, 0.1) is 13.2 Å². The highest BCUT2D eigenvalue weighted by atomic mass is 79.9. The number of hydrogen-bond donors (Lipinski definition) is 2. The number of benzene rings is 2. The monoisotopic (exact) mass is 412 g/mol. The standard InChI is InChI=1S/C16H18Br2N2O/c1-10-5-11(17)7-12(6-10)20-16(9-19)14-8-13(21-2)3-4-15(14)18/h3-8,16,20H,9,19H2,1-2H3. The van der Waals surface area contributed by atoms with E-state index in [1.807, 2.05) is 24.3 Å². The van der Waals surface area contributed by atoms with Crippen LogP contribution >= 0.6 is 31.9 Å². The minimum atomic E-state index is 0.00294. The van der Waals surface area contributed by atoms with E-state index in [1.54, 1.807) is 7.11 Å². The number of rotatable bonds is 5. The molecule has 3 N–H and O–H groups in total. The van der Waals surface area contributed by atoms with Gasteiger partial charge in [-0.2, -0.15) is 0 Å².